The molecule has 0 aromatic carbocycles. The number of hydrogen-bond acceptors (Lipinski definition) is 3. The third kappa shape index (κ3) is 3.52. The van der Waals surface area contributed by atoms with Gasteiger partial charge < -0.3 is 15.6 Å². The van der Waals surface area contributed by atoms with Crippen LogP contribution in [0.4, 0.5) is 0 Å². The smallest absolute Gasteiger partial charge is 0.0895 e. The Hall–Kier alpha value is -0.120. The summed E-state index contributed by atoms with van der Waals surface area (Å²) in [6.07, 6.45) is 6.06. The monoisotopic (exact) mass is 173 g/mol. The fraction of sp³-hybridized carbons (Fsp3) is 1.00. The molecule has 0 spiro atoms. The van der Waals surface area contributed by atoms with E-state index in [0.29, 0.717) is 19.3 Å². The van der Waals surface area contributed by atoms with Crippen LogP contribution in [0.5, 0.6) is 0 Å². The van der Waals surface area contributed by atoms with Gasteiger partial charge >= 0.3 is 0 Å². The van der Waals surface area contributed by atoms with Gasteiger partial charge in [-0.1, -0.05) is 19.3 Å². The first-order valence-electron chi connectivity index (χ1n) is 4.82. The van der Waals surface area contributed by atoms with Crippen LogP contribution in [0.3, 0.4) is 0 Å². The standard InChI is InChI=1S/C9H19NO2/c10-6-8(11)7-12-9-4-2-1-3-5-9/h8-9,11H,1-7,10H2/t8-/m1/s1. The molecule has 1 fully saturated rings. The summed E-state index contributed by atoms with van der Waals surface area (Å²) < 4.78 is 5.51. The highest BCUT2D eigenvalue weighted by atomic mass is 16.5. The maximum atomic E-state index is 9.14. The second-order valence-corrected chi connectivity index (χ2v) is 3.48. The Kier molecular flexibility index (Phi) is 4.58. The summed E-state index contributed by atoms with van der Waals surface area (Å²) in [6.45, 7) is 0.702. The molecule has 0 saturated heterocycles. The highest BCUT2D eigenvalue weighted by Crippen LogP contribution is 2.20. The minimum atomic E-state index is -0.480. The van der Waals surface area contributed by atoms with E-state index in [1.807, 2.05) is 0 Å². The van der Waals surface area contributed by atoms with Crippen LogP contribution in [0.1, 0.15) is 32.1 Å². The molecule has 0 radical (unpaired) electrons. The Bertz CT molecular complexity index is 113. The van der Waals surface area contributed by atoms with Gasteiger partial charge in [-0.25, -0.2) is 0 Å². The van der Waals surface area contributed by atoms with E-state index in [4.69, 9.17) is 15.6 Å². The molecule has 72 valence electrons. The molecule has 1 saturated carbocycles. The molecule has 0 heterocycles. The third-order valence-electron chi connectivity index (χ3n) is 2.35. The zero-order valence-corrected chi connectivity index (χ0v) is 7.54. The minimum absolute atomic E-state index is 0.298. The van der Waals surface area contributed by atoms with E-state index < -0.39 is 6.10 Å². The molecule has 1 aliphatic rings. The van der Waals surface area contributed by atoms with Gasteiger partial charge in [0.05, 0.1) is 18.8 Å². The van der Waals surface area contributed by atoms with Crippen LogP contribution in [-0.4, -0.2) is 30.5 Å². The Morgan fingerprint density at radius 2 is 2.00 bits per heavy atom. The fourth-order valence-corrected chi connectivity index (χ4v) is 1.55. The van der Waals surface area contributed by atoms with E-state index >= 15 is 0 Å². The summed E-state index contributed by atoms with van der Waals surface area (Å²) in [5.74, 6) is 0. The van der Waals surface area contributed by atoms with Crippen LogP contribution in [0.2, 0.25) is 0 Å². The molecule has 1 atom stereocenters. The number of rotatable bonds is 4. The summed E-state index contributed by atoms with van der Waals surface area (Å²) in [4.78, 5) is 0. The number of nitrogens with two attached hydrogens (primary N) is 1. The molecule has 0 bridgehead atoms. The van der Waals surface area contributed by atoms with Gasteiger partial charge in [0.2, 0.25) is 0 Å². The second-order valence-electron chi connectivity index (χ2n) is 3.48. The lowest BCUT2D eigenvalue weighted by Crippen LogP contribution is -2.28. The summed E-state index contributed by atoms with van der Waals surface area (Å²) in [7, 11) is 0. The van der Waals surface area contributed by atoms with Gasteiger partial charge in [0, 0.05) is 6.54 Å². The van der Waals surface area contributed by atoms with E-state index in [2.05, 4.69) is 0 Å². The average molecular weight is 173 g/mol. The number of aliphatic hydroxyl groups is 1. The normalized spacial score (nSPS) is 22.5. The van der Waals surface area contributed by atoms with Crippen molar-refractivity contribution in [3.8, 4) is 0 Å². The van der Waals surface area contributed by atoms with Gasteiger partial charge in [0.1, 0.15) is 0 Å². The van der Waals surface area contributed by atoms with Crippen molar-refractivity contribution in [2.45, 2.75) is 44.3 Å². The van der Waals surface area contributed by atoms with E-state index in [-0.39, 0.29) is 0 Å². The van der Waals surface area contributed by atoms with E-state index in [0.717, 1.165) is 12.8 Å². The second kappa shape index (κ2) is 5.51. The van der Waals surface area contributed by atoms with Crippen LogP contribution < -0.4 is 5.73 Å². The van der Waals surface area contributed by atoms with Gasteiger partial charge in [-0.05, 0) is 12.8 Å². The molecule has 0 aliphatic heterocycles. The molecule has 0 unspecified atom stereocenters. The Balaban J connectivity index is 2.05. The van der Waals surface area contributed by atoms with Gasteiger partial charge in [-0.3, -0.25) is 0 Å². The third-order valence-corrected chi connectivity index (χ3v) is 2.35. The molecule has 1 rings (SSSR count). The number of hydrogen-bond donors (Lipinski definition) is 2. The summed E-state index contributed by atoms with van der Waals surface area (Å²) in [5, 5.41) is 9.14. The van der Waals surface area contributed by atoms with Crippen molar-refractivity contribution in [3.63, 3.8) is 0 Å². The molecular weight excluding hydrogens is 154 g/mol. The lowest BCUT2D eigenvalue weighted by Gasteiger charge is -2.22. The highest BCUT2D eigenvalue weighted by Gasteiger charge is 2.14. The zero-order valence-electron chi connectivity index (χ0n) is 7.54. The first kappa shape index (κ1) is 9.96. The van der Waals surface area contributed by atoms with Crippen LogP contribution in [0, 0.1) is 0 Å². The molecule has 3 nitrogen and oxygen atoms in total. The van der Waals surface area contributed by atoms with Crippen molar-refractivity contribution in [1.82, 2.24) is 0 Å². The zero-order chi connectivity index (χ0) is 8.81. The largest absolute Gasteiger partial charge is 0.389 e. The lowest BCUT2D eigenvalue weighted by atomic mass is 9.98. The van der Waals surface area contributed by atoms with Crippen LogP contribution in [0.15, 0.2) is 0 Å². The molecule has 12 heavy (non-hydrogen) atoms. The van der Waals surface area contributed by atoms with Crippen LogP contribution in [0.25, 0.3) is 0 Å². The molecule has 0 aromatic heterocycles. The van der Waals surface area contributed by atoms with Gasteiger partial charge in [-0.2, -0.15) is 0 Å². The minimum Gasteiger partial charge on any atom is -0.389 e. The van der Waals surface area contributed by atoms with Gasteiger partial charge in [0.25, 0.3) is 0 Å². The molecular formula is C9H19NO2. The van der Waals surface area contributed by atoms with Crippen LogP contribution >= 0.6 is 0 Å². The van der Waals surface area contributed by atoms with Gasteiger partial charge in [0.15, 0.2) is 0 Å². The number of aliphatic hydroxyl groups excluding tert-OH is 1. The predicted octanol–water partition coefficient (Wildman–Crippen LogP) is 0.655. The quantitative estimate of drug-likeness (QED) is 0.656. The van der Waals surface area contributed by atoms with Crippen molar-refractivity contribution < 1.29 is 9.84 Å². The molecule has 0 aromatic rings. The highest BCUT2D eigenvalue weighted by molar-refractivity contribution is 4.66. The Labute approximate surface area is 73.9 Å². The van der Waals surface area contributed by atoms with E-state index in [1.165, 1.54) is 19.3 Å². The molecule has 0 amide bonds. The van der Waals surface area contributed by atoms with E-state index in [9.17, 15) is 0 Å². The predicted molar refractivity (Wildman–Crippen MR) is 47.9 cm³/mol. The molecule has 1 aliphatic carbocycles. The van der Waals surface area contributed by atoms with Crippen molar-refractivity contribution in [1.29, 1.82) is 0 Å². The van der Waals surface area contributed by atoms with Crippen molar-refractivity contribution in [2.24, 2.45) is 5.73 Å². The van der Waals surface area contributed by atoms with Crippen molar-refractivity contribution in [3.05, 3.63) is 0 Å². The summed E-state index contributed by atoms with van der Waals surface area (Å²) >= 11 is 0. The summed E-state index contributed by atoms with van der Waals surface area (Å²) in [5.41, 5.74) is 5.26. The fourth-order valence-electron chi connectivity index (χ4n) is 1.55. The Morgan fingerprint density at radius 3 is 2.58 bits per heavy atom. The van der Waals surface area contributed by atoms with Crippen LogP contribution in [-0.2, 0) is 4.74 Å². The molecule has 3 N–H and O–H groups in total. The van der Waals surface area contributed by atoms with Crippen molar-refractivity contribution in [2.75, 3.05) is 13.2 Å². The van der Waals surface area contributed by atoms with E-state index in [1.54, 1.807) is 0 Å². The topological polar surface area (TPSA) is 55.5 Å². The average Bonchev–Trinajstić information content (AvgIpc) is 2.16. The number of ether oxygens (including phenoxy) is 1. The van der Waals surface area contributed by atoms with Gasteiger partial charge in [-0.15, -0.1) is 0 Å². The molecule has 3 heteroatoms. The van der Waals surface area contributed by atoms with Crippen molar-refractivity contribution >= 4 is 0 Å². The first-order chi connectivity index (χ1) is 5.83. The Morgan fingerprint density at radius 1 is 1.33 bits per heavy atom. The SMILES string of the molecule is NC[C@@H](O)COC1CCCCC1. The first-order valence-corrected chi connectivity index (χ1v) is 4.82. The maximum Gasteiger partial charge on any atom is 0.0895 e. The lowest BCUT2D eigenvalue weighted by molar-refractivity contribution is -0.0206. The summed E-state index contributed by atoms with van der Waals surface area (Å²) in [6, 6.07) is 0. The maximum absolute atomic E-state index is 9.14.